The minimum Gasteiger partial charge on any atom is -0.507 e. The van der Waals surface area contributed by atoms with E-state index in [1.165, 1.54) is 12.1 Å². The fourth-order valence-corrected chi connectivity index (χ4v) is 3.53. The lowest BCUT2D eigenvalue weighted by Gasteiger charge is -2.32. The van der Waals surface area contributed by atoms with Crippen LogP contribution in [0.3, 0.4) is 0 Å². The van der Waals surface area contributed by atoms with Gasteiger partial charge in [-0.1, -0.05) is 26.0 Å². The summed E-state index contributed by atoms with van der Waals surface area (Å²) in [5.74, 6) is -0.815. The monoisotopic (exact) mass is 372 g/mol. The summed E-state index contributed by atoms with van der Waals surface area (Å²) in [6, 6.07) is 4.56. The van der Waals surface area contributed by atoms with Gasteiger partial charge in [0.2, 0.25) is 11.8 Å². The smallest absolute Gasteiger partial charge is 0.342 e. The highest BCUT2D eigenvalue weighted by Crippen LogP contribution is 2.30. The second kappa shape index (κ2) is 7.82. The predicted molar refractivity (Wildman–Crippen MR) is 97.9 cm³/mol. The molecular formula is C20H24N2O5. The van der Waals surface area contributed by atoms with Gasteiger partial charge in [-0.3, -0.25) is 9.59 Å². The van der Waals surface area contributed by atoms with Gasteiger partial charge in [-0.15, -0.1) is 0 Å². The molecule has 27 heavy (non-hydrogen) atoms. The largest absolute Gasteiger partial charge is 0.507 e. The summed E-state index contributed by atoms with van der Waals surface area (Å²) in [5, 5.41) is 15.5. The number of phenols is 1. The van der Waals surface area contributed by atoms with Crippen LogP contribution in [0, 0.1) is 5.92 Å². The Morgan fingerprint density at radius 1 is 1.37 bits per heavy atom. The van der Waals surface area contributed by atoms with Crippen molar-refractivity contribution in [2.75, 3.05) is 0 Å². The van der Waals surface area contributed by atoms with E-state index in [4.69, 9.17) is 4.74 Å². The Balaban J connectivity index is 1.76. The average Bonchev–Trinajstić information content (AvgIpc) is 2.98. The maximum absolute atomic E-state index is 12.4. The van der Waals surface area contributed by atoms with Crippen molar-refractivity contribution >= 4 is 17.8 Å². The van der Waals surface area contributed by atoms with Crippen molar-refractivity contribution in [1.82, 2.24) is 10.6 Å². The minimum absolute atomic E-state index is 0.0922. The zero-order chi connectivity index (χ0) is 19.6. The first-order valence-corrected chi connectivity index (χ1v) is 9.16. The predicted octanol–water partition coefficient (Wildman–Crippen LogP) is 1.80. The minimum atomic E-state index is -0.580. The molecule has 2 amide bonds. The van der Waals surface area contributed by atoms with Crippen LogP contribution >= 0.6 is 0 Å². The topological polar surface area (TPSA) is 105 Å². The molecule has 7 nitrogen and oxygen atoms in total. The third-order valence-electron chi connectivity index (χ3n) is 4.74. The molecule has 2 heterocycles. The molecule has 144 valence electrons. The molecule has 3 rings (SSSR count). The lowest BCUT2D eigenvalue weighted by Crippen LogP contribution is -2.48. The number of carbonyl (C=O) groups excluding carboxylic acids is 3. The molecular weight excluding hydrogens is 348 g/mol. The molecule has 2 aliphatic heterocycles. The van der Waals surface area contributed by atoms with Crippen LogP contribution in [0.1, 0.15) is 49.0 Å². The van der Waals surface area contributed by atoms with Gasteiger partial charge in [0.1, 0.15) is 17.4 Å². The first-order chi connectivity index (χ1) is 12.8. The van der Waals surface area contributed by atoms with E-state index in [2.05, 4.69) is 10.6 Å². The Morgan fingerprint density at radius 2 is 2.15 bits per heavy atom. The third kappa shape index (κ3) is 4.48. The SMILES string of the molecule is CC(C)CC(NC(=O)C=C1CCC(=O)N1)C1Cc2cccc(O)c2C(=O)O1. The van der Waals surface area contributed by atoms with E-state index < -0.39 is 12.1 Å². The fourth-order valence-electron chi connectivity index (χ4n) is 3.53. The molecule has 3 N–H and O–H groups in total. The van der Waals surface area contributed by atoms with Crippen LogP contribution in [0.15, 0.2) is 30.0 Å². The quantitative estimate of drug-likeness (QED) is 0.540. The van der Waals surface area contributed by atoms with Gasteiger partial charge in [0.15, 0.2) is 0 Å². The molecule has 1 aromatic rings. The highest BCUT2D eigenvalue weighted by atomic mass is 16.5. The van der Waals surface area contributed by atoms with Gasteiger partial charge in [-0.25, -0.2) is 4.79 Å². The molecule has 0 aromatic heterocycles. The Bertz CT molecular complexity index is 800. The summed E-state index contributed by atoms with van der Waals surface area (Å²) in [7, 11) is 0. The number of nitrogens with one attached hydrogen (secondary N) is 2. The summed E-state index contributed by atoms with van der Waals surface area (Å²) in [6.07, 6.45) is 2.83. The van der Waals surface area contributed by atoms with Crippen molar-refractivity contribution in [3.63, 3.8) is 0 Å². The Kier molecular flexibility index (Phi) is 5.48. The number of amides is 2. The Morgan fingerprint density at radius 3 is 2.81 bits per heavy atom. The average molecular weight is 372 g/mol. The van der Waals surface area contributed by atoms with Crippen molar-refractivity contribution in [3.8, 4) is 5.75 Å². The standard InChI is InChI=1S/C20H24N2O5/c1-11(2)8-14(22-18(25)10-13-6-7-17(24)21-13)16-9-12-4-3-5-15(23)19(12)20(26)27-16/h3-5,10-11,14,16,23H,6-9H2,1-2H3,(H,21,24)(H,22,25). The second-order valence-electron chi connectivity index (χ2n) is 7.42. The molecule has 2 aliphatic rings. The zero-order valence-corrected chi connectivity index (χ0v) is 15.5. The molecule has 2 atom stereocenters. The summed E-state index contributed by atoms with van der Waals surface area (Å²) >= 11 is 0. The Labute approximate surface area is 157 Å². The van der Waals surface area contributed by atoms with Gasteiger partial charge in [0.05, 0.1) is 6.04 Å². The van der Waals surface area contributed by atoms with Crippen LogP contribution in [-0.4, -0.2) is 35.0 Å². The van der Waals surface area contributed by atoms with Crippen molar-refractivity contribution in [1.29, 1.82) is 0 Å². The van der Waals surface area contributed by atoms with E-state index >= 15 is 0 Å². The molecule has 0 saturated carbocycles. The van der Waals surface area contributed by atoms with E-state index in [9.17, 15) is 19.5 Å². The van der Waals surface area contributed by atoms with Gasteiger partial charge < -0.3 is 20.5 Å². The van der Waals surface area contributed by atoms with Gasteiger partial charge in [0, 0.05) is 24.6 Å². The summed E-state index contributed by atoms with van der Waals surface area (Å²) in [6.45, 7) is 4.05. The van der Waals surface area contributed by atoms with Gasteiger partial charge in [0.25, 0.3) is 0 Å². The molecule has 0 aliphatic carbocycles. The number of cyclic esters (lactones) is 1. The lowest BCUT2D eigenvalue weighted by molar-refractivity contribution is -0.119. The van der Waals surface area contributed by atoms with Gasteiger partial charge in [-0.2, -0.15) is 0 Å². The van der Waals surface area contributed by atoms with Crippen LogP contribution in [-0.2, 0) is 20.7 Å². The van der Waals surface area contributed by atoms with Crippen molar-refractivity contribution < 1.29 is 24.2 Å². The van der Waals surface area contributed by atoms with Crippen molar-refractivity contribution in [2.45, 2.75) is 51.7 Å². The van der Waals surface area contributed by atoms with E-state index in [0.29, 0.717) is 36.9 Å². The van der Waals surface area contributed by atoms with Crippen LogP contribution in [0.5, 0.6) is 5.75 Å². The maximum atomic E-state index is 12.4. The van der Waals surface area contributed by atoms with Gasteiger partial charge >= 0.3 is 5.97 Å². The second-order valence-corrected chi connectivity index (χ2v) is 7.42. The normalized spacial score (nSPS) is 21.6. The molecule has 1 aromatic carbocycles. The number of carbonyl (C=O) groups is 3. The van der Waals surface area contributed by atoms with Crippen molar-refractivity contribution in [2.24, 2.45) is 5.92 Å². The molecule has 1 fully saturated rings. The number of esters is 1. The molecule has 7 heteroatoms. The molecule has 0 bridgehead atoms. The highest BCUT2D eigenvalue weighted by Gasteiger charge is 2.34. The number of phenolic OH excluding ortho intramolecular Hbond substituents is 1. The summed E-state index contributed by atoms with van der Waals surface area (Å²) < 4.78 is 5.54. The number of fused-ring (bicyclic) bond motifs is 1. The number of aromatic hydroxyl groups is 1. The highest BCUT2D eigenvalue weighted by molar-refractivity contribution is 5.95. The van der Waals surface area contributed by atoms with Crippen molar-refractivity contribution in [3.05, 3.63) is 41.1 Å². The maximum Gasteiger partial charge on any atom is 0.342 e. The third-order valence-corrected chi connectivity index (χ3v) is 4.74. The van der Waals surface area contributed by atoms with E-state index in [0.717, 1.165) is 0 Å². The Hall–Kier alpha value is -2.83. The first-order valence-electron chi connectivity index (χ1n) is 9.16. The van der Waals surface area contributed by atoms with E-state index in [1.807, 2.05) is 13.8 Å². The molecule has 1 saturated heterocycles. The number of ether oxygens (including phenoxy) is 1. The number of hydrogen-bond acceptors (Lipinski definition) is 5. The molecule has 0 radical (unpaired) electrons. The van der Waals surface area contributed by atoms with Crippen LogP contribution in [0.2, 0.25) is 0 Å². The van der Waals surface area contributed by atoms with Crippen LogP contribution in [0.4, 0.5) is 0 Å². The summed E-state index contributed by atoms with van der Waals surface area (Å²) in [4.78, 5) is 36.0. The summed E-state index contributed by atoms with van der Waals surface area (Å²) in [5.41, 5.74) is 1.50. The van der Waals surface area contributed by atoms with Crippen LogP contribution < -0.4 is 10.6 Å². The first kappa shape index (κ1) is 18.9. The number of hydrogen-bond donors (Lipinski definition) is 3. The van der Waals surface area contributed by atoms with E-state index in [-0.39, 0.29) is 35.1 Å². The molecule has 0 spiro atoms. The van der Waals surface area contributed by atoms with E-state index in [1.54, 1.807) is 12.1 Å². The van der Waals surface area contributed by atoms with Crippen LogP contribution in [0.25, 0.3) is 0 Å². The number of rotatable bonds is 5. The number of benzene rings is 1. The fraction of sp³-hybridized carbons (Fsp3) is 0.450. The zero-order valence-electron chi connectivity index (χ0n) is 15.5. The van der Waals surface area contributed by atoms with Gasteiger partial charge in [-0.05, 0) is 30.4 Å². The molecule has 2 unspecified atom stereocenters. The number of allylic oxidation sites excluding steroid dienone is 1. The lowest BCUT2D eigenvalue weighted by atomic mass is 9.90.